The molecule has 2 aromatic rings. The number of carbonyl (C=O) groups is 1. The summed E-state index contributed by atoms with van der Waals surface area (Å²) in [4.78, 5) is 12.9. The lowest BCUT2D eigenvalue weighted by Crippen LogP contribution is -2.12. The topological polar surface area (TPSA) is 38.8 Å². The van der Waals surface area contributed by atoms with Gasteiger partial charge in [0.2, 0.25) is 0 Å². The number of ketones is 1. The normalized spacial score (nSPS) is 16.8. The van der Waals surface area contributed by atoms with E-state index >= 15 is 0 Å². The van der Waals surface area contributed by atoms with Gasteiger partial charge in [0.1, 0.15) is 18.5 Å². The van der Waals surface area contributed by atoms with Gasteiger partial charge in [0.15, 0.2) is 5.78 Å². The zero-order chi connectivity index (χ0) is 17.3. The van der Waals surface area contributed by atoms with Crippen molar-refractivity contribution in [2.45, 2.75) is 32.3 Å². The predicted molar refractivity (Wildman–Crippen MR) is 98.0 cm³/mol. The summed E-state index contributed by atoms with van der Waals surface area (Å²) in [6.45, 7) is 7.67. The lowest BCUT2D eigenvalue weighted by Gasteiger charge is -2.19. The lowest BCUT2D eigenvalue weighted by atomic mass is 9.86. The van der Waals surface area contributed by atoms with Crippen LogP contribution in [0.25, 0.3) is 0 Å². The SMILES string of the molecule is CC(C)(C)c1ccc(C(=O)c2ccc(Br)cc2OCC2CO2)cc1. The Labute approximate surface area is 151 Å². The first-order chi connectivity index (χ1) is 11.3. The molecule has 0 saturated carbocycles. The van der Waals surface area contributed by atoms with Crippen molar-refractivity contribution in [1.29, 1.82) is 0 Å². The van der Waals surface area contributed by atoms with Gasteiger partial charge in [-0.2, -0.15) is 0 Å². The molecule has 0 aliphatic carbocycles. The minimum Gasteiger partial charge on any atom is -0.490 e. The predicted octanol–water partition coefficient (Wildman–Crippen LogP) is 4.76. The first-order valence-corrected chi connectivity index (χ1v) is 8.83. The van der Waals surface area contributed by atoms with E-state index in [2.05, 4.69) is 36.7 Å². The second kappa shape index (κ2) is 6.69. The largest absolute Gasteiger partial charge is 0.490 e. The summed E-state index contributed by atoms with van der Waals surface area (Å²) in [5.74, 6) is 0.555. The van der Waals surface area contributed by atoms with Gasteiger partial charge in [0, 0.05) is 10.0 Å². The van der Waals surface area contributed by atoms with Crippen LogP contribution in [0, 0.1) is 0 Å². The van der Waals surface area contributed by atoms with Crippen molar-refractivity contribution < 1.29 is 14.3 Å². The van der Waals surface area contributed by atoms with Crippen molar-refractivity contribution in [3.63, 3.8) is 0 Å². The van der Waals surface area contributed by atoms with Crippen LogP contribution >= 0.6 is 15.9 Å². The van der Waals surface area contributed by atoms with E-state index in [0.29, 0.717) is 23.5 Å². The molecule has 1 atom stereocenters. The van der Waals surface area contributed by atoms with E-state index in [9.17, 15) is 4.79 Å². The fourth-order valence-electron chi connectivity index (χ4n) is 2.43. The lowest BCUT2D eigenvalue weighted by molar-refractivity contribution is 0.103. The second-order valence-corrected chi connectivity index (χ2v) is 7.98. The van der Waals surface area contributed by atoms with Crippen LogP contribution in [0.2, 0.25) is 0 Å². The number of halogens is 1. The Kier molecular flexibility index (Phi) is 4.79. The summed E-state index contributed by atoms with van der Waals surface area (Å²) in [6.07, 6.45) is 0.151. The summed E-state index contributed by atoms with van der Waals surface area (Å²) < 4.78 is 11.8. The first kappa shape index (κ1) is 17.2. The van der Waals surface area contributed by atoms with Crippen molar-refractivity contribution in [3.05, 3.63) is 63.6 Å². The Balaban J connectivity index is 1.85. The maximum absolute atomic E-state index is 12.9. The van der Waals surface area contributed by atoms with Gasteiger partial charge in [-0.25, -0.2) is 0 Å². The fourth-order valence-corrected chi connectivity index (χ4v) is 2.77. The number of rotatable bonds is 5. The highest BCUT2D eigenvalue weighted by molar-refractivity contribution is 9.10. The molecular weight excluding hydrogens is 368 g/mol. The molecule has 3 rings (SSSR count). The maximum atomic E-state index is 12.9. The van der Waals surface area contributed by atoms with Crippen LogP contribution in [-0.2, 0) is 10.2 Å². The summed E-state index contributed by atoms with van der Waals surface area (Å²) >= 11 is 3.43. The molecule has 0 N–H and O–H groups in total. The van der Waals surface area contributed by atoms with Crippen LogP contribution in [0.4, 0.5) is 0 Å². The molecule has 3 nitrogen and oxygen atoms in total. The van der Waals surface area contributed by atoms with Gasteiger partial charge < -0.3 is 9.47 Å². The summed E-state index contributed by atoms with van der Waals surface area (Å²) in [5, 5.41) is 0. The highest BCUT2D eigenvalue weighted by Gasteiger charge is 2.24. The third-order valence-electron chi connectivity index (χ3n) is 4.03. The monoisotopic (exact) mass is 388 g/mol. The zero-order valence-corrected chi connectivity index (χ0v) is 15.7. The van der Waals surface area contributed by atoms with Crippen molar-refractivity contribution in [2.75, 3.05) is 13.2 Å². The zero-order valence-electron chi connectivity index (χ0n) is 14.1. The van der Waals surface area contributed by atoms with Gasteiger partial charge in [-0.1, -0.05) is 61.0 Å². The molecule has 0 aromatic heterocycles. The van der Waals surface area contributed by atoms with Gasteiger partial charge >= 0.3 is 0 Å². The van der Waals surface area contributed by atoms with Crippen molar-refractivity contribution in [2.24, 2.45) is 0 Å². The van der Waals surface area contributed by atoms with Crippen LogP contribution in [0.1, 0.15) is 42.3 Å². The molecular formula is C20H21BrO3. The van der Waals surface area contributed by atoms with E-state index < -0.39 is 0 Å². The average molecular weight is 389 g/mol. The standard InChI is InChI=1S/C20H21BrO3/c1-20(2,3)14-6-4-13(5-7-14)19(22)17-9-8-15(21)10-18(17)24-12-16-11-23-16/h4-10,16H,11-12H2,1-3H3. The molecule has 0 spiro atoms. The van der Waals surface area contributed by atoms with Crippen molar-refractivity contribution in [1.82, 2.24) is 0 Å². The summed E-state index contributed by atoms with van der Waals surface area (Å²) in [5.41, 5.74) is 2.51. The summed E-state index contributed by atoms with van der Waals surface area (Å²) in [7, 11) is 0. The molecule has 1 aliphatic heterocycles. The quantitative estimate of drug-likeness (QED) is 0.547. The maximum Gasteiger partial charge on any atom is 0.196 e. The Morgan fingerprint density at radius 1 is 1.21 bits per heavy atom. The Morgan fingerprint density at radius 2 is 1.88 bits per heavy atom. The second-order valence-electron chi connectivity index (χ2n) is 7.06. The number of epoxide rings is 1. The molecule has 1 heterocycles. The minimum absolute atomic E-state index is 0.0327. The van der Waals surface area contributed by atoms with Crippen LogP contribution in [0.15, 0.2) is 46.9 Å². The van der Waals surface area contributed by atoms with Gasteiger partial charge in [-0.05, 0) is 29.2 Å². The van der Waals surface area contributed by atoms with Crippen LogP contribution in [0.5, 0.6) is 5.75 Å². The van der Waals surface area contributed by atoms with E-state index in [-0.39, 0.29) is 17.3 Å². The molecule has 4 heteroatoms. The molecule has 0 radical (unpaired) electrons. The smallest absolute Gasteiger partial charge is 0.196 e. The highest BCUT2D eigenvalue weighted by atomic mass is 79.9. The fraction of sp³-hybridized carbons (Fsp3) is 0.350. The average Bonchev–Trinajstić information content (AvgIpc) is 3.36. The van der Waals surface area contributed by atoms with Crippen LogP contribution < -0.4 is 4.74 Å². The molecule has 1 unspecified atom stereocenters. The van der Waals surface area contributed by atoms with Crippen LogP contribution in [-0.4, -0.2) is 25.1 Å². The minimum atomic E-state index is -0.0327. The van der Waals surface area contributed by atoms with Crippen LogP contribution in [0.3, 0.4) is 0 Å². The van der Waals surface area contributed by atoms with Crippen molar-refractivity contribution >= 4 is 21.7 Å². The Hall–Kier alpha value is -1.65. The number of ether oxygens (including phenoxy) is 2. The number of hydrogen-bond acceptors (Lipinski definition) is 3. The number of benzene rings is 2. The molecule has 1 aliphatic rings. The van der Waals surface area contributed by atoms with E-state index in [1.807, 2.05) is 36.4 Å². The van der Waals surface area contributed by atoms with E-state index in [4.69, 9.17) is 9.47 Å². The third kappa shape index (κ3) is 4.05. The first-order valence-electron chi connectivity index (χ1n) is 8.04. The van der Waals surface area contributed by atoms with Gasteiger partial charge in [-0.15, -0.1) is 0 Å². The number of hydrogen-bond donors (Lipinski definition) is 0. The number of carbonyl (C=O) groups excluding carboxylic acids is 1. The van der Waals surface area contributed by atoms with E-state index in [1.165, 1.54) is 5.56 Å². The third-order valence-corrected chi connectivity index (χ3v) is 4.52. The van der Waals surface area contributed by atoms with E-state index in [0.717, 1.165) is 11.1 Å². The molecule has 0 bridgehead atoms. The Bertz CT molecular complexity index is 740. The van der Waals surface area contributed by atoms with Gasteiger partial charge in [-0.3, -0.25) is 4.79 Å². The molecule has 2 aromatic carbocycles. The van der Waals surface area contributed by atoms with E-state index in [1.54, 1.807) is 6.07 Å². The molecule has 1 saturated heterocycles. The molecule has 1 fully saturated rings. The molecule has 126 valence electrons. The Morgan fingerprint density at radius 3 is 2.46 bits per heavy atom. The highest BCUT2D eigenvalue weighted by Crippen LogP contribution is 2.28. The molecule has 0 amide bonds. The van der Waals surface area contributed by atoms with Gasteiger partial charge in [0.05, 0.1) is 12.2 Å². The summed E-state index contributed by atoms with van der Waals surface area (Å²) in [6, 6.07) is 13.3. The molecule has 24 heavy (non-hydrogen) atoms. The van der Waals surface area contributed by atoms with Crippen molar-refractivity contribution in [3.8, 4) is 5.75 Å². The van der Waals surface area contributed by atoms with Gasteiger partial charge in [0.25, 0.3) is 0 Å².